The van der Waals surface area contributed by atoms with Crippen LogP contribution in [-0.4, -0.2) is 33.8 Å². The number of sulfonamides is 1. The van der Waals surface area contributed by atoms with E-state index in [2.05, 4.69) is 10.0 Å². The van der Waals surface area contributed by atoms with Gasteiger partial charge < -0.3 is 5.32 Å². The van der Waals surface area contributed by atoms with E-state index in [1.54, 1.807) is 0 Å². The maximum atomic E-state index is 11.9. The van der Waals surface area contributed by atoms with Gasteiger partial charge in [0.15, 0.2) is 0 Å². The predicted octanol–water partition coefficient (Wildman–Crippen LogP) is 1.32. The van der Waals surface area contributed by atoms with Crippen LogP contribution in [0.15, 0.2) is 30.3 Å². The molecule has 0 saturated carbocycles. The standard InChI is InChI=1S/C13H22N2O2S/c1-11(13-7-5-4-6-8-13)10-18(16,17)15-9-12(2)14-3/h4-8,11-12,14-15H,9-10H2,1-3H3. The minimum Gasteiger partial charge on any atom is -0.316 e. The Hall–Kier alpha value is -0.910. The molecule has 2 N–H and O–H groups in total. The van der Waals surface area contributed by atoms with Crippen LogP contribution in [0.3, 0.4) is 0 Å². The van der Waals surface area contributed by atoms with Gasteiger partial charge in [-0.15, -0.1) is 0 Å². The Morgan fingerprint density at radius 1 is 1.17 bits per heavy atom. The molecule has 0 aliphatic rings. The molecule has 0 aliphatic heterocycles. The topological polar surface area (TPSA) is 58.2 Å². The Bertz CT molecular complexity index is 445. The Kier molecular flexibility index (Phi) is 5.78. The smallest absolute Gasteiger partial charge is 0.212 e. The highest BCUT2D eigenvalue weighted by molar-refractivity contribution is 7.89. The fourth-order valence-corrected chi connectivity index (χ4v) is 3.09. The number of hydrogen-bond acceptors (Lipinski definition) is 3. The van der Waals surface area contributed by atoms with Gasteiger partial charge in [0.05, 0.1) is 5.75 Å². The summed E-state index contributed by atoms with van der Waals surface area (Å²) in [4.78, 5) is 0. The second-order valence-corrected chi connectivity index (χ2v) is 6.48. The van der Waals surface area contributed by atoms with Crippen LogP contribution in [0.5, 0.6) is 0 Å². The summed E-state index contributed by atoms with van der Waals surface area (Å²) in [6, 6.07) is 9.82. The van der Waals surface area contributed by atoms with Crippen molar-refractivity contribution in [1.82, 2.24) is 10.0 Å². The van der Waals surface area contributed by atoms with Crippen LogP contribution in [-0.2, 0) is 10.0 Å². The average molecular weight is 270 g/mol. The second kappa shape index (κ2) is 6.87. The lowest BCUT2D eigenvalue weighted by molar-refractivity contribution is 0.550. The molecule has 0 radical (unpaired) electrons. The van der Waals surface area contributed by atoms with Gasteiger partial charge in [0, 0.05) is 12.6 Å². The first-order chi connectivity index (χ1) is 8.44. The van der Waals surface area contributed by atoms with Gasteiger partial charge in [-0.05, 0) is 25.5 Å². The SMILES string of the molecule is CNC(C)CNS(=O)(=O)CC(C)c1ccccc1. The molecule has 0 amide bonds. The maximum Gasteiger partial charge on any atom is 0.212 e. The van der Waals surface area contributed by atoms with Crippen LogP contribution >= 0.6 is 0 Å². The van der Waals surface area contributed by atoms with E-state index in [-0.39, 0.29) is 17.7 Å². The number of hydrogen-bond donors (Lipinski definition) is 2. The third-order valence-electron chi connectivity index (χ3n) is 2.94. The van der Waals surface area contributed by atoms with Crippen molar-refractivity contribution in [2.75, 3.05) is 19.3 Å². The summed E-state index contributed by atoms with van der Waals surface area (Å²) in [6.45, 7) is 4.28. The molecule has 0 saturated heterocycles. The summed E-state index contributed by atoms with van der Waals surface area (Å²) < 4.78 is 26.4. The molecular weight excluding hydrogens is 248 g/mol. The minimum absolute atomic E-state index is 0.00593. The van der Waals surface area contributed by atoms with Crippen molar-refractivity contribution in [2.24, 2.45) is 0 Å². The lowest BCUT2D eigenvalue weighted by Gasteiger charge is -2.15. The molecular formula is C13H22N2O2S. The van der Waals surface area contributed by atoms with Gasteiger partial charge in [-0.1, -0.05) is 37.3 Å². The summed E-state index contributed by atoms with van der Waals surface area (Å²) in [6.07, 6.45) is 0. The molecule has 1 aromatic rings. The lowest BCUT2D eigenvalue weighted by Crippen LogP contribution is -2.38. The van der Waals surface area contributed by atoms with E-state index in [1.807, 2.05) is 51.2 Å². The van der Waals surface area contributed by atoms with E-state index < -0.39 is 10.0 Å². The highest BCUT2D eigenvalue weighted by Crippen LogP contribution is 2.16. The van der Waals surface area contributed by atoms with Crippen molar-refractivity contribution >= 4 is 10.0 Å². The fourth-order valence-electron chi connectivity index (χ4n) is 1.62. The molecule has 0 aromatic heterocycles. The molecule has 0 spiro atoms. The Morgan fingerprint density at radius 3 is 2.33 bits per heavy atom. The Balaban J connectivity index is 2.55. The fraction of sp³-hybridized carbons (Fsp3) is 0.538. The van der Waals surface area contributed by atoms with Gasteiger partial charge in [-0.25, -0.2) is 13.1 Å². The zero-order valence-corrected chi connectivity index (χ0v) is 12.0. The second-order valence-electron chi connectivity index (χ2n) is 4.63. The van der Waals surface area contributed by atoms with E-state index in [4.69, 9.17) is 0 Å². The summed E-state index contributed by atoms with van der Waals surface area (Å²) in [7, 11) is -1.41. The zero-order chi connectivity index (χ0) is 13.6. The first-order valence-electron chi connectivity index (χ1n) is 6.14. The first-order valence-corrected chi connectivity index (χ1v) is 7.79. The molecule has 0 bridgehead atoms. The van der Waals surface area contributed by atoms with Crippen LogP contribution < -0.4 is 10.0 Å². The monoisotopic (exact) mass is 270 g/mol. The van der Waals surface area contributed by atoms with Crippen LogP contribution in [0.2, 0.25) is 0 Å². The maximum absolute atomic E-state index is 11.9. The third kappa shape index (κ3) is 5.16. The van der Waals surface area contributed by atoms with E-state index in [0.717, 1.165) is 5.56 Å². The third-order valence-corrected chi connectivity index (χ3v) is 4.49. The minimum atomic E-state index is -3.22. The summed E-state index contributed by atoms with van der Waals surface area (Å²) in [5.74, 6) is 0.113. The van der Waals surface area contributed by atoms with Crippen LogP contribution in [0, 0.1) is 0 Å². The predicted molar refractivity (Wildman–Crippen MR) is 75.2 cm³/mol. The normalized spacial score (nSPS) is 15.3. The van der Waals surface area contributed by atoms with Crippen molar-refractivity contribution in [3.63, 3.8) is 0 Å². The van der Waals surface area contributed by atoms with E-state index >= 15 is 0 Å². The summed E-state index contributed by atoms with van der Waals surface area (Å²) in [5.41, 5.74) is 1.05. The lowest BCUT2D eigenvalue weighted by atomic mass is 10.0. The van der Waals surface area contributed by atoms with Crippen LogP contribution in [0.25, 0.3) is 0 Å². The molecule has 18 heavy (non-hydrogen) atoms. The average Bonchev–Trinajstić information content (AvgIpc) is 2.36. The van der Waals surface area contributed by atoms with E-state index in [9.17, 15) is 8.42 Å². The molecule has 5 heteroatoms. The van der Waals surface area contributed by atoms with E-state index in [1.165, 1.54) is 0 Å². The van der Waals surface area contributed by atoms with Crippen molar-refractivity contribution in [3.8, 4) is 0 Å². The van der Waals surface area contributed by atoms with Crippen molar-refractivity contribution < 1.29 is 8.42 Å². The highest BCUT2D eigenvalue weighted by Gasteiger charge is 2.17. The van der Waals surface area contributed by atoms with Gasteiger partial charge in [0.1, 0.15) is 0 Å². The Labute approximate surface area is 110 Å². The number of nitrogens with one attached hydrogen (secondary N) is 2. The van der Waals surface area contributed by atoms with Crippen molar-refractivity contribution in [3.05, 3.63) is 35.9 Å². The van der Waals surface area contributed by atoms with Gasteiger partial charge >= 0.3 is 0 Å². The van der Waals surface area contributed by atoms with E-state index in [0.29, 0.717) is 6.54 Å². The number of rotatable bonds is 7. The van der Waals surface area contributed by atoms with Gasteiger partial charge in [-0.2, -0.15) is 0 Å². The Morgan fingerprint density at radius 2 is 1.78 bits per heavy atom. The van der Waals surface area contributed by atoms with Crippen LogP contribution in [0.1, 0.15) is 25.3 Å². The van der Waals surface area contributed by atoms with Gasteiger partial charge in [0.25, 0.3) is 0 Å². The number of likely N-dealkylation sites (N-methyl/N-ethyl adjacent to an activating group) is 1. The zero-order valence-electron chi connectivity index (χ0n) is 11.2. The molecule has 2 unspecified atom stereocenters. The number of benzene rings is 1. The molecule has 102 valence electrons. The van der Waals surface area contributed by atoms with Gasteiger partial charge in [0.2, 0.25) is 10.0 Å². The highest BCUT2D eigenvalue weighted by atomic mass is 32.2. The quantitative estimate of drug-likeness (QED) is 0.785. The molecule has 2 atom stereocenters. The van der Waals surface area contributed by atoms with Crippen LogP contribution in [0.4, 0.5) is 0 Å². The first kappa shape index (κ1) is 15.1. The largest absolute Gasteiger partial charge is 0.316 e. The molecule has 1 aromatic carbocycles. The molecule has 0 aliphatic carbocycles. The molecule has 1 rings (SSSR count). The molecule has 4 nitrogen and oxygen atoms in total. The molecule has 0 fully saturated rings. The molecule has 0 heterocycles. The summed E-state index contributed by atoms with van der Waals surface area (Å²) in [5, 5.41) is 3.00. The van der Waals surface area contributed by atoms with Crippen molar-refractivity contribution in [1.29, 1.82) is 0 Å². The van der Waals surface area contributed by atoms with Gasteiger partial charge in [-0.3, -0.25) is 0 Å². The van der Waals surface area contributed by atoms with Crippen molar-refractivity contribution in [2.45, 2.75) is 25.8 Å². The summed E-state index contributed by atoms with van der Waals surface area (Å²) >= 11 is 0.